The standard InChI is InChI=1S/C16H24N2O2/c1-3-14(12-5-7-13(20-2)8-6-12)18-15(19)11-16(17)9-4-10-16/h5-8,14H,3-4,9-11,17H2,1-2H3,(H,18,19). The van der Waals surface area contributed by atoms with Crippen LogP contribution in [0.25, 0.3) is 0 Å². The first-order chi connectivity index (χ1) is 9.56. The van der Waals surface area contributed by atoms with E-state index in [0.29, 0.717) is 6.42 Å². The van der Waals surface area contributed by atoms with Gasteiger partial charge in [0.15, 0.2) is 0 Å². The predicted molar refractivity (Wildman–Crippen MR) is 79.6 cm³/mol. The molecule has 1 aromatic carbocycles. The van der Waals surface area contributed by atoms with Crippen molar-refractivity contribution in [3.8, 4) is 5.75 Å². The van der Waals surface area contributed by atoms with Crippen molar-refractivity contribution in [3.63, 3.8) is 0 Å². The number of carbonyl (C=O) groups is 1. The van der Waals surface area contributed by atoms with Crippen LogP contribution in [0.3, 0.4) is 0 Å². The summed E-state index contributed by atoms with van der Waals surface area (Å²) < 4.78 is 5.15. The van der Waals surface area contributed by atoms with Crippen LogP contribution in [0.5, 0.6) is 5.75 Å². The van der Waals surface area contributed by atoms with Gasteiger partial charge in [-0.15, -0.1) is 0 Å². The molecule has 0 radical (unpaired) electrons. The molecule has 1 saturated carbocycles. The number of rotatable bonds is 6. The average molecular weight is 276 g/mol. The fraction of sp³-hybridized carbons (Fsp3) is 0.562. The van der Waals surface area contributed by atoms with Crippen molar-refractivity contribution in [1.82, 2.24) is 5.32 Å². The smallest absolute Gasteiger partial charge is 0.222 e. The van der Waals surface area contributed by atoms with E-state index in [4.69, 9.17) is 10.5 Å². The Morgan fingerprint density at radius 1 is 1.40 bits per heavy atom. The van der Waals surface area contributed by atoms with E-state index in [1.54, 1.807) is 7.11 Å². The lowest BCUT2D eigenvalue weighted by atomic mass is 9.75. The number of hydrogen-bond acceptors (Lipinski definition) is 3. The summed E-state index contributed by atoms with van der Waals surface area (Å²) in [4.78, 5) is 12.1. The van der Waals surface area contributed by atoms with Crippen LogP contribution >= 0.6 is 0 Å². The van der Waals surface area contributed by atoms with E-state index < -0.39 is 0 Å². The Morgan fingerprint density at radius 3 is 2.50 bits per heavy atom. The predicted octanol–water partition coefficient (Wildman–Crippen LogP) is 2.53. The van der Waals surface area contributed by atoms with Gasteiger partial charge in [-0.2, -0.15) is 0 Å². The first-order valence-corrected chi connectivity index (χ1v) is 7.28. The van der Waals surface area contributed by atoms with Crippen molar-refractivity contribution in [2.45, 2.75) is 50.6 Å². The second-order valence-electron chi connectivity index (χ2n) is 5.69. The van der Waals surface area contributed by atoms with Crippen molar-refractivity contribution < 1.29 is 9.53 Å². The van der Waals surface area contributed by atoms with Gasteiger partial charge in [-0.25, -0.2) is 0 Å². The Kier molecular flexibility index (Phi) is 4.65. The van der Waals surface area contributed by atoms with Crippen LogP contribution in [0.2, 0.25) is 0 Å². The molecule has 1 amide bonds. The highest BCUT2D eigenvalue weighted by Gasteiger charge is 2.34. The van der Waals surface area contributed by atoms with Crippen LogP contribution < -0.4 is 15.8 Å². The molecule has 3 N–H and O–H groups in total. The number of nitrogens with two attached hydrogens (primary N) is 1. The maximum atomic E-state index is 12.1. The van der Waals surface area contributed by atoms with Crippen LogP contribution in [0.15, 0.2) is 24.3 Å². The van der Waals surface area contributed by atoms with Gasteiger partial charge in [0.05, 0.1) is 13.2 Å². The van der Waals surface area contributed by atoms with E-state index in [0.717, 1.165) is 37.0 Å². The Balaban J connectivity index is 1.95. The summed E-state index contributed by atoms with van der Waals surface area (Å²) in [5.41, 5.74) is 6.96. The number of methoxy groups -OCH3 is 1. The van der Waals surface area contributed by atoms with E-state index in [1.165, 1.54) is 0 Å². The minimum atomic E-state index is -0.262. The number of amides is 1. The number of benzene rings is 1. The Morgan fingerprint density at radius 2 is 2.05 bits per heavy atom. The molecule has 4 heteroatoms. The van der Waals surface area contributed by atoms with Gasteiger partial charge in [0, 0.05) is 12.0 Å². The first kappa shape index (κ1) is 14.9. The average Bonchev–Trinajstić information content (AvgIpc) is 2.43. The molecule has 0 aliphatic heterocycles. The lowest BCUT2D eigenvalue weighted by molar-refractivity contribution is -0.123. The third-order valence-corrected chi connectivity index (χ3v) is 4.12. The fourth-order valence-electron chi connectivity index (χ4n) is 2.63. The number of hydrogen-bond donors (Lipinski definition) is 2. The molecule has 0 spiro atoms. The summed E-state index contributed by atoms with van der Waals surface area (Å²) >= 11 is 0. The van der Waals surface area contributed by atoms with Crippen LogP contribution in [0.4, 0.5) is 0 Å². The highest BCUT2D eigenvalue weighted by atomic mass is 16.5. The summed E-state index contributed by atoms with van der Waals surface area (Å²) in [7, 11) is 1.65. The van der Waals surface area contributed by atoms with Gasteiger partial charge >= 0.3 is 0 Å². The molecule has 1 aliphatic carbocycles. The van der Waals surface area contributed by atoms with Crippen molar-refractivity contribution in [3.05, 3.63) is 29.8 Å². The summed E-state index contributed by atoms with van der Waals surface area (Å²) in [5.74, 6) is 0.875. The van der Waals surface area contributed by atoms with E-state index >= 15 is 0 Å². The molecule has 1 atom stereocenters. The van der Waals surface area contributed by atoms with Gasteiger partial charge in [0.25, 0.3) is 0 Å². The topological polar surface area (TPSA) is 64.4 Å². The van der Waals surface area contributed by atoms with Crippen molar-refractivity contribution in [1.29, 1.82) is 0 Å². The minimum Gasteiger partial charge on any atom is -0.497 e. The van der Waals surface area contributed by atoms with Crippen molar-refractivity contribution in [2.24, 2.45) is 5.73 Å². The van der Waals surface area contributed by atoms with E-state index in [9.17, 15) is 4.79 Å². The monoisotopic (exact) mass is 276 g/mol. The van der Waals surface area contributed by atoms with Crippen molar-refractivity contribution in [2.75, 3.05) is 7.11 Å². The molecule has 20 heavy (non-hydrogen) atoms. The molecule has 0 aromatic heterocycles. The molecule has 1 unspecified atom stereocenters. The molecule has 0 saturated heterocycles. The maximum absolute atomic E-state index is 12.1. The second-order valence-corrected chi connectivity index (χ2v) is 5.69. The molecule has 110 valence electrons. The Bertz CT molecular complexity index is 452. The summed E-state index contributed by atoms with van der Waals surface area (Å²) in [6, 6.07) is 7.86. The number of nitrogens with one attached hydrogen (secondary N) is 1. The fourth-order valence-corrected chi connectivity index (χ4v) is 2.63. The van der Waals surface area contributed by atoms with Gasteiger partial charge in [-0.3, -0.25) is 4.79 Å². The summed E-state index contributed by atoms with van der Waals surface area (Å²) in [6.07, 6.45) is 4.34. The highest BCUT2D eigenvalue weighted by Crippen LogP contribution is 2.32. The second kappa shape index (κ2) is 6.27. The maximum Gasteiger partial charge on any atom is 0.222 e. The molecular weight excluding hydrogens is 252 g/mol. The van der Waals surface area contributed by atoms with E-state index in [-0.39, 0.29) is 17.5 Å². The first-order valence-electron chi connectivity index (χ1n) is 7.28. The summed E-state index contributed by atoms with van der Waals surface area (Å²) in [5, 5.41) is 3.09. The highest BCUT2D eigenvalue weighted by molar-refractivity contribution is 5.77. The van der Waals surface area contributed by atoms with Gasteiger partial charge in [-0.1, -0.05) is 19.1 Å². The van der Waals surface area contributed by atoms with E-state index in [1.807, 2.05) is 24.3 Å². The molecule has 1 aromatic rings. The summed E-state index contributed by atoms with van der Waals surface area (Å²) in [6.45, 7) is 2.07. The van der Waals surface area contributed by atoms with Crippen LogP contribution in [0, 0.1) is 0 Å². The zero-order chi connectivity index (χ0) is 14.6. The minimum absolute atomic E-state index is 0.0390. The zero-order valence-electron chi connectivity index (χ0n) is 12.3. The quantitative estimate of drug-likeness (QED) is 0.839. The van der Waals surface area contributed by atoms with Gasteiger partial charge < -0.3 is 15.8 Å². The molecule has 1 aliphatic rings. The molecule has 2 rings (SSSR count). The zero-order valence-corrected chi connectivity index (χ0v) is 12.3. The van der Waals surface area contributed by atoms with E-state index in [2.05, 4.69) is 12.2 Å². The Hall–Kier alpha value is -1.55. The molecule has 0 heterocycles. The number of ether oxygens (including phenoxy) is 1. The third kappa shape index (κ3) is 3.51. The largest absolute Gasteiger partial charge is 0.497 e. The SMILES string of the molecule is CCC(NC(=O)CC1(N)CCC1)c1ccc(OC)cc1. The van der Waals surface area contributed by atoms with Gasteiger partial charge in [0.1, 0.15) is 5.75 Å². The lowest BCUT2D eigenvalue weighted by Crippen LogP contribution is -2.50. The normalized spacial score (nSPS) is 17.9. The lowest BCUT2D eigenvalue weighted by Gasteiger charge is -2.37. The van der Waals surface area contributed by atoms with Gasteiger partial charge in [-0.05, 0) is 43.4 Å². The number of carbonyl (C=O) groups excluding carboxylic acids is 1. The molecular formula is C16H24N2O2. The van der Waals surface area contributed by atoms with Crippen LogP contribution in [-0.2, 0) is 4.79 Å². The Labute approximate surface area is 120 Å². The van der Waals surface area contributed by atoms with Crippen LogP contribution in [0.1, 0.15) is 50.6 Å². The molecule has 4 nitrogen and oxygen atoms in total. The van der Waals surface area contributed by atoms with Crippen LogP contribution in [-0.4, -0.2) is 18.6 Å². The molecule has 1 fully saturated rings. The van der Waals surface area contributed by atoms with Crippen molar-refractivity contribution >= 4 is 5.91 Å². The van der Waals surface area contributed by atoms with Gasteiger partial charge in [0.2, 0.25) is 5.91 Å². The third-order valence-electron chi connectivity index (χ3n) is 4.12. The molecule has 0 bridgehead atoms.